The average molecular weight is 480 g/mol. The Morgan fingerprint density at radius 1 is 1.07 bits per heavy atom. The van der Waals surface area contributed by atoms with Crippen molar-refractivity contribution in [3.63, 3.8) is 0 Å². The number of nitrogens with one attached hydrogen (secondary N) is 3. The zero-order valence-electron chi connectivity index (χ0n) is 16.2. The van der Waals surface area contributed by atoms with Crippen LogP contribution in [0.2, 0.25) is 0 Å². The molecule has 0 aliphatic rings. The van der Waals surface area contributed by atoms with E-state index in [1.54, 1.807) is 30.3 Å². The van der Waals surface area contributed by atoms with Crippen LogP contribution in [-0.2, 0) is 4.79 Å². The van der Waals surface area contributed by atoms with Gasteiger partial charge in [0.1, 0.15) is 11.5 Å². The Labute approximate surface area is 183 Å². The van der Waals surface area contributed by atoms with Crippen LogP contribution in [0.1, 0.15) is 29.8 Å². The van der Waals surface area contributed by atoms with Gasteiger partial charge in [-0.3, -0.25) is 25.8 Å². The summed E-state index contributed by atoms with van der Waals surface area (Å²) in [4.78, 5) is 24.0. The molecule has 0 unspecified atom stereocenters. The summed E-state index contributed by atoms with van der Waals surface area (Å²) in [5.41, 5.74) is 6.23. The van der Waals surface area contributed by atoms with E-state index >= 15 is 0 Å². The number of aryl methyl sites for hydroxylation is 1. The molecule has 9 heteroatoms. The molecule has 2 aromatic carbocycles. The Kier molecular flexibility index (Phi) is 8.41. The van der Waals surface area contributed by atoms with Gasteiger partial charge in [0.05, 0.1) is 6.10 Å². The number of carbonyl (C=O) groups is 2. The number of carbonyl (C=O) groups excluding carboxylic acids is 2. The minimum absolute atomic E-state index is 0.0367. The van der Waals surface area contributed by atoms with E-state index in [0.717, 1.165) is 10.0 Å². The molecule has 0 aliphatic heterocycles. The van der Waals surface area contributed by atoms with E-state index in [-0.39, 0.29) is 17.8 Å². The third-order valence-corrected chi connectivity index (χ3v) is 4.62. The number of hydrogen-bond donors (Lipinski definition) is 3. The predicted octanol–water partition coefficient (Wildman–Crippen LogP) is 3.26. The van der Waals surface area contributed by atoms with Gasteiger partial charge < -0.3 is 9.47 Å². The molecule has 0 saturated heterocycles. The Bertz CT molecular complexity index is 888. The second kappa shape index (κ2) is 10.8. The molecule has 2 aromatic rings. The summed E-state index contributed by atoms with van der Waals surface area (Å²) in [5.74, 6) is 0.388. The first-order valence-corrected chi connectivity index (χ1v) is 10.0. The van der Waals surface area contributed by atoms with Gasteiger partial charge in [0.25, 0.3) is 11.8 Å². The fourth-order valence-electron chi connectivity index (χ4n) is 2.18. The standard InChI is InChI=1S/C20H22BrN3O4S/c1-12(2)28-15-6-4-14(5-7-15)19(26)22-20(29)24-23-18(25)11-27-16-8-9-17(21)13(3)10-16/h4-10,12H,11H2,1-3H3,(H,23,25)(H2,22,24,26,29). The van der Waals surface area contributed by atoms with Crippen LogP contribution in [-0.4, -0.2) is 29.6 Å². The predicted molar refractivity (Wildman–Crippen MR) is 118 cm³/mol. The fraction of sp³-hybridized carbons (Fsp3) is 0.250. The van der Waals surface area contributed by atoms with Crippen LogP contribution in [0.25, 0.3) is 0 Å². The highest BCUT2D eigenvalue weighted by Crippen LogP contribution is 2.21. The zero-order valence-corrected chi connectivity index (χ0v) is 18.6. The van der Waals surface area contributed by atoms with E-state index < -0.39 is 11.8 Å². The highest BCUT2D eigenvalue weighted by atomic mass is 79.9. The zero-order chi connectivity index (χ0) is 21.4. The normalized spacial score (nSPS) is 10.2. The highest BCUT2D eigenvalue weighted by Gasteiger charge is 2.10. The SMILES string of the molecule is Cc1cc(OCC(=O)NNC(=S)NC(=O)c2ccc(OC(C)C)cc2)ccc1Br. The molecule has 0 aliphatic carbocycles. The van der Waals surface area contributed by atoms with Gasteiger partial charge in [-0.15, -0.1) is 0 Å². The van der Waals surface area contributed by atoms with Crippen molar-refractivity contribution in [1.82, 2.24) is 16.2 Å². The maximum absolute atomic E-state index is 12.2. The van der Waals surface area contributed by atoms with Gasteiger partial charge in [0, 0.05) is 10.0 Å². The van der Waals surface area contributed by atoms with Crippen molar-refractivity contribution in [3.8, 4) is 11.5 Å². The average Bonchev–Trinajstić information content (AvgIpc) is 2.67. The number of hydrogen-bond acceptors (Lipinski definition) is 5. The number of rotatable bonds is 6. The second-order valence-corrected chi connectivity index (χ2v) is 7.61. The maximum atomic E-state index is 12.2. The van der Waals surface area contributed by atoms with Crippen molar-refractivity contribution in [1.29, 1.82) is 0 Å². The smallest absolute Gasteiger partial charge is 0.276 e. The van der Waals surface area contributed by atoms with Crippen LogP contribution < -0.4 is 25.6 Å². The van der Waals surface area contributed by atoms with Crippen LogP contribution in [0, 0.1) is 6.92 Å². The van der Waals surface area contributed by atoms with E-state index in [4.69, 9.17) is 21.7 Å². The molecule has 0 spiro atoms. The summed E-state index contributed by atoms with van der Waals surface area (Å²) in [6.45, 7) is 5.56. The van der Waals surface area contributed by atoms with Crippen LogP contribution in [0.3, 0.4) is 0 Å². The van der Waals surface area contributed by atoms with Crippen LogP contribution in [0.15, 0.2) is 46.9 Å². The first-order valence-electron chi connectivity index (χ1n) is 8.80. The number of ether oxygens (including phenoxy) is 2. The third-order valence-electron chi connectivity index (χ3n) is 3.53. The lowest BCUT2D eigenvalue weighted by molar-refractivity contribution is -0.123. The molecular formula is C20H22BrN3O4S. The van der Waals surface area contributed by atoms with E-state index in [0.29, 0.717) is 17.1 Å². The summed E-state index contributed by atoms with van der Waals surface area (Å²) < 4.78 is 11.9. The monoisotopic (exact) mass is 479 g/mol. The van der Waals surface area contributed by atoms with E-state index in [1.165, 1.54) is 0 Å². The van der Waals surface area contributed by atoms with Crippen molar-refractivity contribution >= 4 is 45.1 Å². The van der Waals surface area contributed by atoms with E-state index in [9.17, 15) is 9.59 Å². The highest BCUT2D eigenvalue weighted by molar-refractivity contribution is 9.10. The number of halogens is 1. The van der Waals surface area contributed by atoms with Gasteiger partial charge >= 0.3 is 0 Å². The van der Waals surface area contributed by atoms with Crippen molar-refractivity contribution in [2.24, 2.45) is 0 Å². The van der Waals surface area contributed by atoms with Crippen LogP contribution in [0.5, 0.6) is 11.5 Å². The Hall–Kier alpha value is -2.65. The van der Waals surface area contributed by atoms with E-state index in [1.807, 2.05) is 32.9 Å². The minimum Gasteiger partial charge on any atom is -0.491 e. The van der Waals surface area contributed by atoms with Crippen molar-refractivity contribution < 1.29 is 19.1 Å². The van der Waals surface area contributed by atoms with Gasteiger partial charge in [0.2, 0.25) is 0 Å². The molecule has 0 saturated carbocycles. The number of hydrazine groups is 1. The maximum Gasteiger partial charge on any atom is 0.276 e. The van der Waals surface area contributed by atoms with E-state index in [2.05, 4.69) is 32.1 Å². The molecular weight excluding hydrogens is 458 g/mol. The number of benzene rings is 2. The van der Waals surface area contributed by atoms with Gasteiger partial charge in [-0.2, -0.15) is 0 Å². The first-order chi connectivity index (χ1) is 13.7. The number of amides is 2. The summed E-state index contributed by atoms with van der Waals surface area (Å²) >= 11 is 8.41. The topological polar surface area (TPSA) is 88.7 Å². The first kappa shape index (κ1) is 22.6. The molecule has 3 N–H and O–H groups in total. The molecule has 2 rings (SSSR count). The Morgan fingerprint density at radius 3 is 2.34 bits per heavy atom. The molecule has 0 aromatic heterocycles. The molecule has 0 radical (unpaired) electrons. The lowest BCUT2D eigenvalue weighted by Gasteiger charge is -2.12. The number of thiocarbonyl (C=S) groups is 1. The third kappa shape index (κ3) is 7.71. The van der Waals surface area contributed by atoms with Gasteiger partial charge in [-0.1, -0.05) is 15.9 Å². The molecule has 29 heavy (non-hydrogen) atoms. The van der Waals surface area contributed by atoms with Crippen molar-refractivity contribution in [3.05, 3.63) is 58.1 Å². The summed E-state index contributed by atoms with van der Waals surface area (Å²) in [6.07, 6.45) is 0.0480. The minimum atomic E-state index is -0.447. The fourth-order valence-corrected chi connectivity index (χ4v) is 2.57. The van der Waals surface area contributed by atoms with Crippen molar-refractivity contribution in [2.45, 2.75) is 26.9 Å². The molecule has 7 nitrogen and oxygen atoms in total. The Balaban J connectivity index is 1.74. The Morgan fingerprint density at radius 2 is 1.72 bits per heavy atom. The quantitative estimate of drug-likeness (QED) is 0.435. The lowest BCUT2D eigenvalue weighted by atomic mass is 10.2. The molecule has 0 bridgehead atoms. The summed E-state index contributed by atoms with van der Waals surface area (Å²) in [7, 11) is 0. The van der Waals surface area contributed by atoms with Gasteiger partial charge in [-0.25, -0.2) is 0 Å². The summed E-state index contributed by atoms with van der Waals surface area (Å²) in [6, 6.07) is 12.1. The lowest BCUT2D eigenvalue weighted by Crippen LogP contribution is -2.49. The van der Waals surface area contributed by atoms with Crippen LogP contribution in [0.4, 0.5) is 0 Å². The van der Waals surface area contributed by atoms with Crippen molar-refractivity contribution in [2.75, 3.05) is 6.61 Å². The molecule has 154 valence electrons. The summed E-state index contributed by atoms with van der Waals surface area (Å²) in [5, 5.41) is 2.44. The molecule has 0 fully saturated rings. The molecule has 2 amide bonds. The van der Waals surface area contributed by atoms with Crippen LogP contribution >= 0.6 is 28.1 Å². The second-order valence-electron chi connectivity index (χ2n) is 6.35. The molecule has 0 heterocycles. The largest absolute Gasteiger partial charge is 0.491 e. The van der Waals surface area contributed by atoms with Gasteiger partial charge in [-0.05, 0) is 81.0 Å². The van der Waals surface area contributed by atoms with Gasteiger partial charge in [0.15, 0.2) is 11.7 Å². The molecule has 0 atom stereocenters.